The van der Waals surface area contributed by atoms with Gasteiger partial charge in [0.2, 0.25) is 0 Å². The number of benzene rings is 1. The van der Waals surface area contributed by atoms with Crippen LogP contribution in [-0.4, -0.2) is 40.8 Å². The van der Waals surface area contributed by atoms with Crippen LogP contribution in [0.25, 0.3) is 0 Å². The van der Waals surface area contributed by atoms with Crippen LogP contribution in [0.2, 0.25) is 0 Å². The highest BCUT2D eigenvalue weighted by Gasteiger charge is 2.31. The Morgan fingerprint density at radius 1 is 1.32 bits per heavy atom. The first-order valence-electron chi connectivity index (χ1n) is 8.87. The third kappa shape index (κ3) is 5.08. The van der Waals surface area contributed by atoms with Gasteiger partial charge in [0.1, 0.15) is 5.60 Å². The summed E-state index contributed by atoms with van der Waals surface area (Å²) in [4.78, 5) is 16.1. The van der Waals surface area contributed by atoms with Crippen molar-refractivity contribution in [3.8, 4) is 0 Å². The molecule has 1 aromatic rings. The van der Waals surface area contributed by atoms with Gasteiger partial charge in [-0.3, -0.25) is 0 Å². The van der Waals surface area contributed by atoms with E-state index in [1.165, 1.54) is 5.56 Å². The van der Waals surface area contributed by atoms with E-state index in [1.807, 2.05) is 32.9 Å². The molecular weight excluding hydrogens is 334 g/mol. The summed E-state index contributed by atoms with van der Waals surface area (Å²) in [6.07, 6.45) is 2.30. The van der Waals surface area contributed by atoms with Crippen LogP contribution in [0.4, 0.5) is 10.5 Å². The SMILES string of the molecule is CCc1ccccc1N(C(N)=S)C1CCN(C(=O)OC(C)(C)C)CC1. The monoisotopic (exact) mass is 363 g/mol. The molecule has 0 radical (unpaired) electrons. The second-order valence-electron chi connectivity index (χ2n) is 7.39. The quantitative estimate of drug-likeness (QED) is 0.830. The molecule has 1 heterocycles. The van der Waals surface area contributed by atoms with Crippen molar-refractivity contribution in [2.45, 2.75) is 58.6 Å². The van der Waals surface area contributed by atoms with Gasteiger partial charge in [-0.05, 0) is 63.9 Å². The molecule has 0 atom stereocenters. The average Bonchev–Trinajstić information content (AvgIpc) is 2.54. The summed E-state index contributed by atoms with van der Waals surface area (Å²) < 4.78 is 5.46. The normalized spacial score (nSPS) is 15.8. The predicted molar refractivity (Wildman–Crippen MR) is 106 cm³/mol. The van der Waals surface area contributed by atoms with E-state index in [9.17, 15) is 4.79 Å². The van der Waals surface area contributed by atoms with Crippen molar-refractivity contribution < 1.29 is 9.53 Å². The third-order valence-electron chi connectivity index (χ3n) is 4.35. The molecule has 0 bridgehead atoms. The van der Waals surface area contributed by atoms with E-state index in [0.717, 1.165) is 24.9 Å². The van der Waals surface area contributed by atoms with Crippen LogP contribution in [-0.2, 0) is 11.2 Å². The van der Waals surface area contributed by atoms with Crippen LogP contribution < -0.4 is 10.6 Å². The number of hydrogen-bond acceptors (Lipinski definition) is 3. The lowest BCUT2D eigenvalue weighted by Crippen LogP contribution is -2.51. The summed E-state index contributed by atoms with van der Waals surface area (Å²) in [6, 6.07) is 8.42. The van der Waals surface area contributed by atoms with Crippen molar-refractivity contribution in [1.82, 2.24) is 4.90 Å². The number of ether oxygens (including phenoxy) is 1. The number of rotatable bonds is 3. The van der Waals surface area contributed by atoms with E-state index in [4.69, 9.17) is 22.7 Å². The highest BCUT2D eigenvalue weighted by Crippen LogP contribution is 2.28. The number of piperidine rings is 1. The van der Waals surface area contributed by atoms with Gasteiger partial charge in [0.25, 0.3) is 0 Å². The van der Waals surface area contributed by atoms with Crippen molar-refractivity contribution in [3.63, 3.8) is 0 Å². The standard InChI is InChI=1S/C19H29N3O2S/c1-5-14-8-6-7-9-16(14)22(17(20)25)15-10-12-21(13-11-15)18(23)24-19(2,3)4/h6-9,15H,5,10-13H2,1-4H3,(H2,20,25). The number of likely N-dealkylation sites (tertiary alicyclic amines) is 1. The minimum Gasteiger partial charge on any atom is -0.444 e. The number of thiocarbonyl (C=S) groups is 1. The summed E-state index contributed by atoms with van der Waals surface area (Å²) >= 11 is 5.34. The summed E-state index contributed by atoms with van der Waals surface area (Å²) in [5.74, 6) is 0. The Morgan fingerprint density at radius 3 is 2.44 bits per heavy atom. The molecule has 6 heteroatoms. The molecule has 1 aliphatic rings. The number of anilines is 1. The predicted octanol–water partition coefficient (Wildman–Crippen LogP) is 3.70. The van der Waals surface area contributed by atoms with E-state index >= 15 is 0 Å². The lowest BCUT2D eigenvalue weighted by molar-refractivity contribution is 0.0207. The third-order valence-corrected chi connectivity index (χ3v) is 4.55. The number of nitrogens with zero attached hydrogens (tertiary/aromatic N) is 2. The van der Waals surface area contributed by atoms with Gasteiger partial charge in [-0.25, -0.2) is 4.79 Å². The maximum atomic E-state index is 12.2. The Balaban J connectivity index is 2.09. The number of hydrogen-bond donors (Lipinski definition) is 1. The van der Waals surface area contributed by atoms with Gasteiger partial charge in [-0.1, -0.05) is 25.1 Å². The van der Waals surface area contributed by atoms with Crippen LogP contribution in [0.5, 0.6) is 0 Å². The van der Waals surface area contributed by atoms with Crippen molar-refractivity contribution in [2.75, 3.05) is 18.0 Å². The zero-order valence-corrected chi connectivity index (χ0v) is 16.4. The van der Waals surface area contributed by atoms with Crippen LogP contribution >= 0.6 is 12.2 Å². The molecule has 1 saturated heterocycles. The molecule has 1 aromatic carbocycles. The van der Waals surface area contributed by atoms with Crippen LogP contribution in [0.1, 0.15) is 46.1 Å². The van der Waals surface area contributed by atoms with Gasteiger partial charge in [0, 0.05) is 24.8 Å². The van der Waals surface area contributed by atoms with Crippen molar-refractivity contribution >= 4 is 29.1 Å². The molecule has 0 spiro atoms. The molecule has 2 N–H and O–H groups in total. The Hall–Kier alpha value is -1.82. The molecule has 0 saturated carbocycles. The molecule has 1 aliphatic heterocycles. The zero-order chi connectivity index (χ0) is 18.6. The Kier molecular flexibility index (Phi) is 6.27. The van der Waals surface area contributed by atoms with Gasteiger partial charge >= 0.3 is 6.09 Å². The minimum atomic E-state index is -0.473. The molecule has 5 nitrogen and oxygen atoms in total. The number of carbonyl (C=O) groups is 1. The van der Waals surface area contributed by atoms with Crippen LogP contribution in [0.15, 0.2) is 24.3 Å². The Labute approximate surface area is 156 Å². The fourth-order valence-electron chi connectivity index (χ4n) is 3.17. The molecule has 0 aliphatic carbocycles. The molecule has 2 rings (SSSR count). The molecule has 25 heavy (non-hydrogen) atoms. The molecule has 1 amide bonds. The van der Waals surface area contributed by atoms with Crippen LogP contribution in [0.3, 0.4) is 0 Å². The smallest absolute Gasteiger partial charge is 0.410 e. The molecule has 138 valence electrons. The minimum absolute atomic E-state index is 0.198. The number of amides is 1. The highest BCUT2D eigenvalue weighted by molar-refractivity contribution is 7.80. The number of para-hydroxylation sites is 1. The maximum Gasteiger partial charge on any atom is 0.410 e. The fraction of sp³-hybridized carbons (Fsp3) is 0.579. The number of aryl methyl sites for hydroxylation is 1. The first kappa shape index (κ1) is 19.5. The maximum absolute atomic E-state index is 12.2. The largest absolute Gasteiger partial charge is 0.444 e. The van der Waals surface area contributed by atoms with E-state index in [-0.39, 0.29) is 12.1 Å². The first-order chi connectivity index (χ1) is 11.7. The fourth-order valence-corrected chi connectivity index (χ4v) is 3.42. The van der Waals surface area contributed by atoms with Crippen molar-refractivity contribution in [3.05, 3.63) is 29.8 Å². The van der Waals surface area contributed by atoms with Gasteiger partial charge in [-0.2, -0.15) is 0 Å². The lowest BCUT2D eigenvalue weighted by Gasteiger charge is -2.39. The molecule has 1 fully saturated rings. The van der Waals surface area contributed by atoms with E-state index in [1.54, 1.807) is 4.90 Å². The second-order valence-corrected chi connectivity index (χ2v) is 7.81. The first-order valence-corrected chi connectivity index (χ1v) is 9.28. The highest BCUT2D eigenvalue weighted by atomic mass is 32.1. The zero-order valence-electron chi connectivity index (χ0n) is 15.6. The van der Waals surface area contributed by atoms with Crippen molar-refractivity contribution in [2.24, 2.45) is 5.73 Å². The number of carbonyl (C=O) groups excluding carboxylic acids is 1. The van der Waals surface area contributed by atoms with Crippen LogP contribution in [0, 0.1) is 0 Å². The van der Waals surface area contributed by atoms with E-state index in [0.29, 0.717) is 18.2 Å². The van der Waals surface area contributed by atoms with Gasteiger partial charge < -0.3 is 20.3 Å². The van der Waals surface area contributed by atoms with Gasteiger partial charge in [0.15, 0.2) is 5.11 Å². The van der Waals surface area contributed by atoms with Crippen molar-refractivity contribution in [1.29, 1.82) is 0 Å². The molecule has 0 aromatic heterocycles. The van der Waals surface area contributed by atoms with E-state index in [2.05, 4.69) is 24.0 Å². The molecule has 0 unspecified atom stereocenters. The van der Waals surface area contributed by atoms with Gasteiger partial charge in [0.05, 0.1) is 0 Å². The van der Waals surface area contributed by atoms with E-state index < -0.39 is 5.60 Å². The number of nitrogens with two attached hydrogens (primary N) is 1. The second kappa shape index (κ2) is 8.04. The van der Waals surface area contributed by atoms with Gasteiger partial charge in [-0.15, -0.1) is 0 Å². The summed E-state index contributed by atoms with van der Waals surface area (Å²) in [5, 5.41) is 0.386. The summed E-state index contributed by atoms with van der Waals surface area (Å²) in [6.45, 7) is 9.07. The Morgan fingerprint density at radius 2 is 1.92 bits per heavy atom. The summed E-state index contributed by atoms with van der Waals surface area (Å²) in [5.41, 5.74) is 7.88. The topological polar surface area (TPSA) is 58.8 Å². The summed E-state index contributed by atoms with van der Waals surface area (Å²) in [7, 11) is 0. The molecular formula is C19H29N3O2S. The Bertz CT molecular complexity index is 619. The lowest BCUT2D eigenvalue weighted by atomic mass is 10.0. The average molecular weight is 364 g/mol.